The molecule has 1 atom stereocenters. The van der Waals surface area contributed by atoms with Crippen LogP contribution in [0.3, 0.4) is 0 Å². The van der Waals surface area contributed by atoms with E-state index in [0.29, 0.717) is 11.3 Å². The normalized spacial score (nSPS) is 11.5. The summed E-state index contributed by atoms with van der Waals surface area (Å²) in [6.45, 7) is 5.18. The van der Waals surface area contributed by atoms with E-state index in [1.165, 1.54) is 24.3 Å². The quantitative estimate of drug-likeness (QED) is 0.608. The van der Waals surface area contributed by atoms with Crippen LogP contribution >= 0.6 is 0 Å². The van der Waals surface area contributed by atoms with Crippen molar-refractivity contribution in [2.45, 2.75) is 26.9 Å². The molecule has 2 rings (SSSR count). The predicted octanol–water partition coefficient (Wildman–Crippen LogP) is 2.60. The summed E-state index contributed by atoms with van der Waals surface area (Å²) in [4.78, 5) is 35.3. The van der Waals surface area contributed by atoms with Gasteiger partial charge in [0.05, 0.1) is 5.56 Å². The molecule has 26 heavy (non-hydrogen) atoms. The summed E-state index contributed by atoms with van der Waals surface area (Å²) in [5.41, 5.74) is 7.86. The molecule has 0 aliphatic carbocycles. The summed E-state index contributed by atoms with van der Waals surface area (Å²) in [7, 11) is 0. The number of esters is 1. The van der Waals surface area contributed by atoms with E-state index in [4.69, 9.17) is 15.2 Å². The van der Waals surface area contributed by atoms with E-state index >= 15 is 0 Å². The third-order valence-electron chi connectivity index (χ3n) is 3.92. The highest BCUT2D eigenvalue weighted by atomic mass is 16.5. The molecule has 0 spiro atoms. The molecular weight excluding hydrogens is 334 g/mol. The Bertz CT molecular complexity index is 827. The van der Waals surface area contributed by atoms with Crippen LogP contribution in [0.1, 0.15) is 38.8 Å². The Morgan fingerprint density at radius 3 is 2.15 bits per heavy atom. The van der Waals surface area contributed by atoms with Gasteiger partial charge in [-0.3, -0.25) is 9.59 Å². The number of Topliss-reactive ketones (excluding diaryl/α,β-unsaturated/α-hetero) is 1. The van der Waals surface area contributed by atoms with Crippen molar-refractivity contribution >= 4 is 17.7 Å². The van der Waals surface area contributed by atoms with Crippen molar-refractivity contribution in [1.29, 1.82) is 0 Å². The van der Waals surface area contributed by atoms with E-state index in [1.54, 1.807) is 19.1 Å². The van der Waals surface area contributed by atoms with Gasteiger partial charge in [0.25, 0.3) is 5.91 Å². The average molecular weight is 355 g/mol. The van der Waals surface area contributed by atoms with Gasteiger partial charge in [-0.2, -0.15) is 0 Å². The molecule has 0 radical (unpaired) electrons. The third-order valence-corrected chi connectivity index (χ3v) is 3.92. The first-order valence-electron chi connectivity index (χ1n) is 8.11. The van der Waals surface area contributed by atoms with Crippen molar-refractivity contribution in [1.82, 2.24) is 0 Å². The van der Waals surface area contributed by atoms with Gasteiger partial charge in [0.15, 0.2) is 12.7 Å². The number of primary amides is 1. The first-order valence-corrected chi connectivity index (χ1v) is 8.11. The van der Waals surface area contributed by atoms with Crippen molar-refractivity contribution in [3.8, 4) is 5.75 Å². The number of ketones is 1. The molecular formula is C20H21NO5. The Morgan fingerprint density at radius 1 is 0.962 bits per heavy atom. The summed E-state index contributed by atoms with van der Waals surface area (Å²) in [6, 6.07) is 11.4. The van der Waals surface area contributed by atoms with E-state index in [9.17, 15) is 14.4 Å². The molecule has 2 N–H and O–H groups in total. The number of aryl methyl sites for hydroxylation is 2. The van der Waals surface area contributed by atoms with Gasteiger partial charge in [0, 0.05) is 5.56 Å². The highest BCUT2D eigenvalue weighted by molar-refractivity contribution is 6.01. The Morgan fingerprint density at radius 2 is 1.58 bits per heavy atom. The monoisotopic (exact) mass is 355 g/mol. The fourth-order valence-corrected chi connectivity index (χ4v) is 2.25. The Labute approximate surface area is 151 Å². The molecule has 6 nitrogen and oxygen atoms in total. The number of carbonyl (C=O) groups is 3. The summed E-state index contributed by atoms with van der Waals surface area (Å²) in [6.07, 6.45) is -0.907. The van der Waals surface area contributed by atoms with E-state index in [-0.39, 0.29) is 18.0 Å². The molecule has 0 aliphatic heterocycles. The lowest BCUT2D eigenvalue weighted by Gasteiger charge is -2.13. The van der Waals surface area contributed by atoms with Gasteiger partial charge in [0.1, 0.15) is 5.75 Å². The summed E-state index contributed by atoms with van der Waals surface area (Å²) in [5.74, 6) is -1.06. The maximum absolute atomic E-state index is 12.4. The standard InChI is InChI=1S/C20H21NO5/c1-12-4-5-16(10-13(12)2)19(23)14(3)26-20(24)15-6-8-17(9-7-15)25-11-18(21)22/h4-10,14H,11H2,1-3H3,(H2,21,22)/t14-/m0/s1. The molecule has 136 valence electrons. The minimum Gasteiger partial charge on any atom is -0.484 e. The number of hydrogen-bond acceptors (Lipinski definition) is 5. The van der Waals surface area contributed by atoms with E-state index in [1.807, 2.05) is 19.9 Å². The first kappa shape index (κ1) is 19.2. The fraction of sp³-hybridized carbons (Fsp3) is 0.250. The molecule has 0 fully saturated rings. The van der Waals surface area contributed by atoms with Crippen LogP contribution in [0.2, 0.25) is 0 Å². The molecule has 0 unspecified atom stereocenters. The molecule has 2 aromatic carbocycles. The van der Waals surface area contributed by atoms with Crippen LogP contribution < -0.4 is 10.5 Å². The van der Waals surface area contributed by atoms with Gasteiger partial charge in [-0.15, -0.1) is 0 Å². The van der Waals surface area contributed by atoms with Crippen molar-refractivity contribution < 1.29 is 23.9 Å². The molecule has 1 amide bonds. The van der Waals surface area contributed by atoms with Gasteiger partial charge >= 0.3 is 5.97 Å². The zero-order valence-corrected chi connectivity index (χ0v) is 14.9. The molecule has 0 saturated heterocycles. The average Bonchev–Trinajstić information content (AvgIpc) is 2.62. The number of rotatable bonds is 7. The SMILES string of the molecule is Cc1ccc(C(=O)[C@H](C)OC(=O)c2ccc(OCC(N)=O)cc2)cc1C. The molecule has 0 bridgehead atoms. The second kappa shape index (κ2) is 8.29. The van der Waals surface area contributed by atoms with E-state index in [2.05, 4.69) is 0 Å². The first-order chi connectivity index (χ1) is 12.3. The van der Waals surface area contributed by atoms with Crippen LogP contribution in [0.5, 0.6) is 5.75 Å². The van der Waals surface area contributed by atoms with Crippen LogP contribution in [0, 0.1) is 13.8 Å². The molecule has 0 aliphatic rings. The number of ether oxygens (including phenoxy) is 2. The second-order valence-corrected chi connectivity index (χ2v) is 5.99. The number of carbonyl (C=O) groups excluding carboxylic acids is 3. The number of hydrogen-bond donors (Lipinski definition) is 1. The second-order valence-electron chi connectivity index (χ2n) is 5.99. The molecule has 2 aromatic rings. The number of amides is 1. The third kappa shape index (κ3) is 4.92. The number of nitrogens with two attached hydrogens (primary N) is 1. The minimum atomic E-state index is -0.907. The smallest absolute Gasteiger partial charge is 0.338 e. The van der Waals surface area contributed by atoms with E-state index < -0.39 is 18.0 Å². The van der Waals surface area contributed by atoms with Crippen LogP contribution in [0.4, 0.5) is 0 Å². The Hall–Kier alpha value is -3.15. The van der Waals surface area contributed by atoms with Gasteiger partial charge in [-0.1, -0.05) is 12.1 Å². The van der Waals surface area contributed by atoms with Crippen LogP contribution in [-0.4, -0.2) is 30.4 Å². The maximum atomic E-state index is 12.4. The highest BCUT2D eigenvalue weighted by Crippen LogP contribution is 2.16. The highest BCUT2D eigenvalue weighted by Gasteiger charge is 2.20. The topological polar surface area (TPSA) is 95.7 Å². The van der Waals surface area contributed by atoms with Crippen LogP contribution in [0.15, 0.2) is 42.5 Å². The Balaban J connectivity index is 2.00. The molecule has 0 aromatic heterocycles. The van der Waals surface area contributed by atoms with Gasteiger partial charge in [0.2, 0.25) is 5.78 Å². The van der Waals surface area contributed by atoms with Crippen molar-refractivity contribution in [3.63, 3.8) is 0 Å². The number of benzene rings is 2. The lowest BCUT2D eigenvalue weighted by molar-refractivity contribution is -0.119. The lowest BCUT2D eigenvalue weighted by atomic mass is 10.0. The van der Waals surface area contributed by atoms with Crippen LogP contribution in [0.25, 0.3) is 0 Å². The molecule has 0 heterocycles. The van der Waals surface area contributed by atoms with Gasteiger partial charge < -0.3 is 15.2 Å². The van der Waals surface area contributed by atoms with Crippen LogP contribution in [-0.2, 0) is 9.53 Å². The fourth-order valence-electron chi connectivity index (χ4n) is 2.25. The zero-order chi connectivity index (χ0) is 19.3. The van der Waals surface area contributed by atoms with Gasteiger partial charge in [-0.05, 0) is 62.2 Å². The minimum absolute atomic E-state index is 0.245. The van der Waals surface area contributed by atoms with Crippen molar-refractivity contribution in [2.24, 2.45) is 5.73 Å². The maximum Gasteiger partial charge on any atom is 0.338 e. The summed E-state index contributed by atoms with van der Waals surface area (Å²) in [5, 5.41) is 0. The van der Waals surface area contributed by atoms with E-state index in [0.717, 1.165) is 11.1 Å². The van der Waals surface area contributed by atoms with Crippen molar-refractivity contribution in [2.75, 3.05) is 6.61 Å². The summed E-state index contributed by atoms with van der Waals surface area (Å²) < 4.78 is 10.4. The lowest BCUT2D eigenvalue weighted by Crippen LogP contribution is -2.24. The summed E-state index contributed by atoms with van der Waals surface area (Å²) >= 11 is 0. The Kier molecular flexibility index (Phi) is 6.11. The predicted molar refractivity (Wildman–Crippen MR) is 96.3 cm³/mol. The molecule has 0 saturated carbocycles. The molecule has 6 heteroatoms. The largest absolute Gasteiger partial charge is 0.484 e. The van der Waals surface area contributed by atoms with Crippen molar-refractivity contribution in [3.05, 3.63) is 64.7 Å². The van der Waals surface area contributed by atoms with Gasteiger partial charge in [-0.25, -0.2) is 4.79 Å². The zero-order valence-electron chi connectivity index (χ0n) is 14.9.